The molecule has 0 spiro atoms. The minimum atomic E-state index is -3.36. The topological polar surface area (TPSA) is 54.3 Å². The van der Waals surface area contributed by atoms with E-state index >= 15 is 0 Å². The predicted octanol–water partition coefficient (Wildman–Crippen LogP) is 1.48. The third-order valence-electron chi connectivity index (χ3n) is 3.47. The summed E-state index contributed by atoms with van der Waals surface area (Å²) < 4.78 is 28.5. The van der Waals surface area contributed by atoms with Crippen LogP contribution in [-0.4, -0.2) is 36.9 Å². The number of aryl methyl sites for hydroxylation is 1. The van der Waals surface area contributed by atoms with Crippen molar-refractivity contribution in [3.63, 3.8) is 0 Å². The molecule has 1 N–H and O–H groups in total. The second kappa shape index (κ2) is 6.56. The summed E-state index contributed by atoms with van der Waals surface area (Å²) in [6, 6.07) is 1.77. The van der Waals surface area contributed by atoms with Crippen LogP contribution in [0.15, 0.2) is 29.3 Å². The maximum Gasteiger partial charge on any atom is 0.244 e. The summed E-state index contributed by atoms with van der Waals surface area (Å²) in [5.74, 6) is 0. The van der Waals surface area contributed by atoms with Gasteiger partial charge in [0.15, 0.2) is 0 Å². The lowest BCUT2D eigenvalue weighted by Gasteiger charge is -2.21. The molecular weight excluding hydrogens is 274 g/mol. The van der Waals surface area contributed by atoms with Crippen molar-refractivity contribution in [3.8, 4) is 0 Å². The Morgan fingerprint density at radius 1 is 1.35 bits per heavy atom. The van der Waals surface area contributed by atoms with Crippen molar-refractivity contribution >= 4 is 10.0 Å². The van der Waals surface area contributed by atoms with E-state index in [9.17, 15) is 8.42 Å². The summed E-state index contributed by atoms with van der Waals surface area (Å²) in [6.45, 7) is 4.78. The highest BCUT2D eigenvalue weighted by Gasteiger charge is 2.25. The minimum Gasteiger partial charge on any atom is -0.352 e. The summed E-state index contributed by atoms with van der Waals surface area (Å²) in [5, 5.41) is 3.30. The number of aromatic nitrogens is 1. The molecule has 0 radical (unpaired) electrons. The number of nitrogens with zero attached hydrogens (tertiary/aromatic N) is 2. The number of hydrogen-bond acceptors (Lipinski definition) is 3. The molecule has 20 heavy (non-hydrogen) atoms. The predicted molar refractivity (Wildman–Crippen MR) is 79.9 cm³/mol. The normalized spacial score (nSPS) is 16.7. The summed E-state index contributed by atoms with van der Waals surface area (Å²) in [5.41, 5.74) is 0.990. The van der Waals surface area contributed by atoms with Gasteiger partial charge in [-0.2, -0.15) is 4.31 Å². The molecule has 0 fully saturated rings. The number of nitrogens with one attached hydrogen (secondary N) is 1. The lowest BCUT2D eigenvalue weighted by molar-refractivity contribution is 0.437. The zero-order valence-electron chi connectivity index (χ0n) is 12.2. The third-order valence-corrected chi connectivity index (χ3v) is 5.30. The molecule has 0 bridgehead atoms. The smallest absolute Gasteiger partial charge is 0.244 e. The molecule has 1 aromatic heterocycles. The monoisotopic (exact) mass is 297 g/mol. The molecule has 112 valence electrons. The Hall–Kier alpha value is -1.11. The Balaban J connectivity index is 2.15. The average molecular weight is 297 g/mol. The minimum absolute atomic E-state index is 0.392. The third kappa shape index (κ3) is 3.31. The SMILES string of the molecule is CCCNCc1cc(S(=O)(=O)N2CC=CCC2)cn1C. The van der Waals surface area contributed by atoms with Crippen molar-refractivity contribution in [1.29, 1.82) is 0 Å². The molecule has 1 aromatic rings. The van der Waals surface area contributed by atoms with Gasteiger partial charge in [0.05, 0.1) is 0 Å². The van der Waals surface area contributed by atoms with Crippen LogP contribution in [0, 0.1) is 0 Å². The molecule has 2 heterocycles. The van der Waals surface area contributed by atoms with Gasteiger partial charge in [0, 0.05) is 38.6 Å². The van der Waals surface area contributed by atoms with Gasteiger partial charge < -0.3 is 9.88 Å². The van der Waals surface area contributed by atoms with E-state index in [4.69, 9.17) is 0 Å². The fourth-order valence-corrected chi connectivity index (χ4v) is 3.78. The van der Waals surface area contributed by atoms with E-state index in [1.807, 2.05) is 23.8 Å². The maximum absolute atomic E-state index is 12.5. The van der Waals surface area contributed by atoms with Crippen molar-refractivity contribution < 1.29 is 8.42 Å². The van der Waals surface area contributed by atoms with Crippen molar-refractivity contribution in [3.05, 3.63) is 30.1 Å². The molecule has 1 aliphatic rings. The van der Waals surface area contributed by atoms with E-state index in [0.717, 1.165) is 25.1 Å². The largest absolute Gasteiger partial charge is 0.352 e. The first-order chi connectivity index (χ1) is 9.55. The van der Waals surface area contributed by atoms with E-state index in [0.29, 0.717) is 24.5 Å². The molecule has 6 heteroatoms. The average Bonchev–Trinajstić information content (AvgIpc) is 2.82. The quantitative estimate of drug-likeness (QED) is 0.639. The second-order valence-corrected chi connectivity index (χ2v) is 7.02. The van der Waals surface area contributed by atoms with Crippen LogP contribution in [-0.2, 0) is 23.6 Å². The van der Waals surface area contributed by atoms with Crippen molar-refractivity contribution in [2.24, 2.45) is 7.05 Å². The van der Waals surface area contributed by atoms with Crippen LogP contribution in [0.5, 0.6) is 0 Å². The highest BCUT2D eigenvalue weighted by molar-refractivity contribution is 7.89. The van der Waals surface area contributed by atoms with Crippen LogP contribution in [0.1, 0.15) is 25.5 Å². The van der Waals surface area contributed by atoms with Crippen LogP contribution in [0.3, 0.4) is 0 Å². The zero-order valence-corrected chi connectivity index (χ0v) is 13.0. The molecule has 0 aromatic carbocycles. The molecular formula is C14H23N3O2S. The van der Waals surface area contributed by atoms with Gasteiger partial charge in [-0.05, 0) is 25.5 Å². The van der Waals surface area contributed by atoms with Crippen LogP contribution < -0.4 is 5.32 Å². The standard InChI is InChI=1S/C14H23N3O2S/c1-3-7-15-11-13-10-14(12-16(13)2)20(18,19)17-8-5-4-6-9-17/h4-5,10,12,15H,3,6-9,11H2,1-2H3. The van der Waals surface area contributed by atoms with Gasteiger partial charge >= 0.3 is 0 Å². The van der Waals surface area contributed by atoms with Gasteiger partial charge in [-0.25, -0.2) is 8.42 Å². The van der Waals surface area contributed by atoms with Gasteiger partial charge in [-0.1, -0.05) is 19.1 Å². The molecule has 0 saturated heterocycles. The molecule has 0 amide bonds. The fraction of sp³-hybridized carbons (Fsp3) is 0.571. The molecule has 5 nitrogen and oxygen atoms in total. The molecule has 0 aliphatic carbocycles. The number of sulfonamides is 1. The van der Waals surface area contributed by atoms with Gasteiger partial charge in [-0.3, -0.25) is 0 Å². The number of hydrogen-bond donors (Lipinski definition) is 1. The first-order valence-corrected chi connectivity index (χ1v) is 8.51. The Kier molecular flexibility index (Phi) is 5.01. The lowest BCUT2D eigenvalue weighted by atomic mass is 10.3. The molecule has 1 aliphatic heterocycles. The first kappa shape index (κ1) is 15.3. The number of rotatable bonds is 6. The van der Waals surface area contributed by atoms with E-state index in [2.05, 4.69) is 12.2 Å². The molecule has 0 atom stereocenters. The zero-order chi connectivity index (χ0) is 14.6. The van der Waals surface area contributed by atoms with Gasteiger partial charge in [0.1, 0.15) is 4.90 Å². The molecule has 0 unspecified atom stereocenters. The highest BCUT2D eigenvalue weighted by atomic mass is 32.2. The van der Waals surface area contributed by atoms with Crippen LogP contribution in [0.4, 0.5) is 0 Å². The Bertz CT molecular complexity index is 575. The Labute approximate surface area is 121 Å². The first-order valence-electron chi connectivity index (χ1n) is 7.07. The van der Waals surface area contributed by atoms with Gasteiger partial charge in [0.2, 0.25) is 10.0 Å². The molecule has 0 saturated carbocycles. The second-order valence-electron chi connectivity index (χ2n) is 5.08. The summed E-state index contributed by atoms with van der Waals surface area (Å²) in [6.07, 6.45) is 7.49. The Morgan fingerprint density at radius 2 is 2.15 bits per heavy atom. The Morgan fingerprint density at radius 3 is 2.80 bits per heavy atom. The fourth-order valence-electron chi connectivity index (χ4n) is 2.27. The van der Waals surface area contributed by atoms with Crippen molar-refractivity contribution in [2.45, 2.75) is 31.2 Å². The van der Waals surface area contributed by atoms with Crippen molar-refractivity contribution in [2.75, 3.05) is 19.6 Å². The lowest BCUT2D eigenvalue weighted by Crippen LogP contribution is -2.33. The van der Waals surface area contributed by atoms with Gasteiger partial charge in [0.25, 0.3) is 0 Å². The van der Waals surface area contributed by atoms with E-state index in [1.165, 1.54) is 4.31 Å². The van der Waals surface area contributed by atoms with E-state index in [-0.39, 0.29) is 0 Å². The molecule has 2 rings (SSSR count). The highest BCUT2D eigenvalue weighted by Crippen LogP contribution is 2.20. The van der Waals surface area contributed by atoms with Crippen LogP contribution in [0.25, 0.3) is 0 Å². The maximum atomic E-state index is 12.5. The van der Waals surface area contributed by atoms with Crippen LogP contribution >= 0.6 is 0 Å². The van der Waals surface area contributed by atoms with Crippen molar-refractivity contribution in [1.82, 2.24) is 14.2 Å². The van der Waals surface area contributed by atoms with Crippen LogP contribution in [0.2, 0.25) is 0 Å². The van der Waals surface area contributed by atoms with Gasteiger partial charge in [-0.15, -0.1) is 0 Å². The summed E-state index contributed by atoms with van der Waals surface area (Å²) >= 11 is 0. The summed E-state index contributed by atoms with van der Waals surface area (Å²) in [4.78, 5) is 0.392. The van der Waals surface area contributed by atoms with E-state index < -0.39 is 10.0 Å². The summed E-state index contributed by atoms with van der Waals surface area (Å²) in [7, 11) is -1.47. The van der Waals surface area contributed by atoms with E-state index in [1.54, 1.807) is 12.3 Å².